The lowest BCUT2D eigenvalue weighted by atomic mass is 10.0. The van der Waals surface area contributed by atoms with Gasteiger partial charge in [-0.05, 0) is 56.3 Å². The van der Waals surface area contributed by atoms with Gasteiger partial charge in [-0.2, -0.15) is 0 Å². The van der Waals surface area contributed by atoms with Gasteiger partial charge in [0.25, 0.3) is 0 Å². The van der Waals surface area contributed by atoms with E-state index in [0.717, 1.165) is 12.5 Å². The number of likely N-dealkylation sites (N-methyl/N-ethyl adjacent to an activating group) is 1. The third kappa shape index (κ3) is 2.93. The summed E-state index contributed by atoms with van der Waals surface area (Å²) in [5.41, 5.74) is 3.11. The van der Waals surface area contributed by atoms with Gasteiger partial charge in [0.05, 0.1) is 0 Å². The summed E-state index contributed by atoms with van der Waals surface area (Å²) in [4.78, 5) is 2.44. The Balaban J connectivity index is 1.59. The SMILES string of the molecule is CN1CCCC(NCc2ccccc2C2CC2)C1. The van der Waals surface area contributed by atoms with Crippen LogP contribution in [0.4, 0.5) is 0 Å². The zero-order chi connectivity index (χ0) is 12.4. The summed E-state index contributed by atoms with van der Waals surface area (Å²) >= 11 is 0. The fourth-order valence-electron chi connectivity index (χ4n) is 3.08. The molecule has 0 spiro atoms. The van der Waals surface area contributed by atoms with Gasteiger partial charge < -0.3 is 10.2 Å². The quantitative estimate of drug-likeness (QED) is 0.876. The number of hydrogen-bond acceptors (Lipinski definition) is 2. The van der Waals surface area contributed by atoms with E-state index in [1.807, 2.05) is 0 Å². The van der Waals surface area contributed by atoms with E-state index >= 15 is 0 Å². The molecule has 18 heavy (non-hydrogen) atoms. The molecular weight excluding hydrogens is 220 g/mol. The molecule has 1 aromatic carbocycles. The number of benzene rings is 1. The normalized spacial score (nSPS) is 25.3. The molecule has 1 heterocycles. The van der Waals surface area contributed by atoms with Gasteiger partial charge in [-0.15, -0.1) is 0 Å². The molecule has 98 valence electrons. The number of nitrogens with zero attached hydrogens (tertiary/aromatic N) is 1. The Morgan fingerprint density at radius 3 is 2.83 bits per heavy atom. The van der Waals surface area contributed by atoms with Crippen LogP contribution in [-0.2, 0) is 6.54 Å². The van der Waals surface area contributed by atoms with Crippen LogP contribution in [-0.4, -0.2) is 31.1 Å². The number of piperidine rings is 1. The van der Waals surface area contributed by atoms with E-state index in [0.29, 0.717) is 6.04 Å². The highest BCUT2D eigenvalue weighted by Gasteiger charge is 2.25. The maximum atomic E-state index is 3.75. The summed E-state index contributed by atoms with van der Waals surface area (Å²) in [6, 6.07) is 9.66. The number of rotatable bonds is 4. The topological polar surface area (TPSA) is 15.3 Å². The molecule has 1 aromatic rings. The molecular formula is C16H24N2. The van der Waals surface area contributed by atoms with Gasteiger partial charge in [0.2, 0.25) is 0 Å². The van der Waals surface area contributed by atoms with Crippen molar-refractivity contribution in [2.24, 2.45) is 0 Å². The largest absolute Gasteiger partial charge is 0.309 e. The van der Waals surface area contributed by atoms with Crippen molar-refractivity contribution in [3.63, 3.8) is 0 Å². The molecule has 2 aliphatic rings. The summed E-state index contributed by atoms with van der Waals surface area (Å²) in [6.45, 7) is 3.51. The van der Waals surface area contributed by atoms with Crippen molar-refractivity contribution in [1.82, 2.24) is 10.2 Å². The molecule has 1 saturated carbocycles. The first-order chi connectivity index (χ1) is 8.83. The average Bonchev–Trinajstić information content (AvgIpc) is 3.21. The molecule has 0 bridgehead atoms. The fourth-order valence-corrected chi connectivity index (χ4v) is 3.08. The smallest absolute Gasteiger partial charge is 0.0211 e. The molecule has 0 aromatic heterocycles. The Morgan fingerprint density at radius 1 is 1.22 bits per heavy atom. The van der Waals surface area contributed by atoms with Gasteiger partial charge in [0.1, 0.15) is 0 Å². The maximum absolute atomic E-state index is 3.75. The highest BCUT2D eigenvalue weighted by atomic mass is 15.1. The highest BCUT2D eigenvalue weighted by Crippen LogP contribution is 2.41. The van der Waals surface area contributed by atoms with E-state index in [4.69, 9.17) is 0 Å². The van der Waals surface area contributed by atoms with Crippen LogP contribution in [0.25, 0.3) is 0 Å². The first-order valence-electron chi connectivity index (χ1n) is 7.32. The number of hydrogen-bond donors (Lipinski definition) is 1. The molecule has 1 aliphatic heterocycles. The average molecular weight is 244 g/mol. The van der Waals surface area contributed by atoms with E-state index in [1.165, 1.54) is 44.3 Å². The number of likely N-dealkylation sites (tertiary alicyclic amines) is 1. The van der Waals surface area contributed by atoms with E-state index < -0.39 is 0 Å². The summed E-state index contributed by atoms with van der Waals surface area (Å²) in [5, 5.41) is 3.75. The van der Waals surface area contributed by atoms with Crippen LogP contribution >= 0.6 is 0 Å². The monoisotopic (exact) mass is 244 g/mol. The summed E-state index contributed by atoms with van der Waals surface area (Å²) in [7, 11) is 2.23. The lowest BCUT2D eigenvalue weighted by molar-refractivity contribution is 0.226. The third-order valence-corrected chi connectivity index (χ3v) is 4.28. The van der Waals surface area contributed by atoms with Gasteiger partial charge in [-0.1, -0.05) is 24.3 Å². The summed E-state index contributed by atoms with van der Waals surface area (Å²) < 4.78 is 0. The van der Waals surface area contributed by atoms with E-state index in [9.17, 15) is 0 Å². The van der Waals surface area contributed by atoms with Gasteiger partial charge in [-0.25, -0.2) is 0 Å². The van der Waals surface area contributed by atoms with Crippen LogP contribution in [0, 0.1) is 0 Å². The predicted octanol–water partition coefficient (Wildman–Crippen LogP) is 2.75. The zero-order valence-corrected chi connectivity index (χ0v) is 11.4. The van der Waals surface area contributed by atoms with Gasteiger partial charge in [0, 0.05) is 19.1 Å². The molecule has 2 nitrogen and oxygen atoms in total. The second kappa shape index (κ2) is 5.41. The Morgan fingerprint density at radius 2 is 2.06 bits per heavy atom. The number of nitrogens with one attached hydrogen (secondary N) is 1. The van der Waals surface area contributed by atoms with Gasteiger partial charge in [0.15, 0.2) is 0 Å². The Kier molecular flexibility index (Phi) is 3.67. The molecule has 3 rings (SSSR count). The van der Waals surface area contributed by atoms with Crippen molar-refractivity contribution in [2.45, 2.75) is 44.2 Å². The second-order valence-electron chi connectivity index (χ2n) is 5.96. The predicted molar refractivity (Wildman–Crippen MR) is 75.8 cm³/mol. The van der Waals surface area contributed by atoms with Crippen LogP contribution in [0.2, 0.25) is 0 Å². The first-order valence-corrected chi connectivity index (χ1v) is 7.32. The van der Waals surface area contributed by atoms with E-state index in [1.54, 1.807) is 5.56 Å². The Bertz CT molecular complexity index is 398. The molecule has 2 fully saturated rings. The minimum atomic E-state index is 0.677. The summed E-state index contributed by atoms with van der Waals surface area (Å²) in [5.74, 6) is 0.858. The second-order valence-corrected chi connectivity index (χ2v) is 5.96. The van der Waals surface area contributed by atoms with Gasteiger partial charge >= 0.3 is 0 Å². The minimum absolute atomic E-state index is 0.677. The van der Waals surface area contributed by atoms with Crippen molar-refractivity contribution in [1.29, 1.82) is 0 Å². The van der Waals surface area contributed by atoms with Crippen LogP contribution in [0.1, 0.15) is 42.7 Å². The molecule has 1 aliphatic carbocycles. The Labute approximate surface area is 110 Å². The molecule has 0 amide bonds. The zero-order valence-electron chi connectivity index (χ0n) is 11.4. The van der Waals surface area contributed by atoms with Gasteiger partial charge in [-0.3, -0.25) is 0 Å². The standard InChI is InChI=1S/C16H24N2/c1-18-10-4-6-15(12-18)17-11-14-5-2-3-7-16(14)13-8-9-13/h2-3,5,7,13,15,17H,4,6,8-12H2,1H3. The van der Waals surface area contributed by atoms with Crippen molar-refractivity contribution in [3.8, 4) is 0 Å². The van der Waals surface area contributed by atoms with Crippen LogP contribution in [0.3, 0.4) is 0 Å². The van der Waals surface area contributed by atoms with E-state index in [-0.39, 0.29) is 0 Å². The van der Waals surface area contributed by atoms with Crippen molar-refractivity contribution in [3.05, 3.63) is 35.4 Å². The Hall–Kier alpha value is -0.860. The maximum Gasteiger partial charge on any atom is 0.0211 e. The minimum Gasteiger partial charge on any atom is -0.309 e. The van der Waals surface area contributed by atoms with Crippen molar-refractivity contribution < 1.29 is 0 Å². The third-order valence-electron chi connectivity index (χ3n) is 4.28. The highest BCUT2D eigenvalue weighted by molar-refractivity contribution is 5.33. The lowest BCUT2D eigenvalue weighted by Crippen LogP contribution is -2.43. The van der Waals surface area contributed by atoms with Crippen molar-refractivity contribution in [2.75, 3.05) is 20.1 Å². The molecule has 0 radical (unpaired) electrons. The van der Waals surface area contributed by atoms with Crippen LogP contribution in [0.5, 0.6) is 0 Å². The molecule has 1 unspecified atom stereocenters. The molecule has 2 heteroatoms. The summed E-state index contributed by atoms with van der Waals surface area (Å²) in [6.07, 6.45) is 5.45. The lowest BCUT2D eigenvalue weighted by Gasteiger charge is -2.30. The van der Waals surface area contributed by atoms with E-state index in [2.05, 4.69) is 41.5 Å². The molecule has 1 N–H and O–H groups in total. The first kappa shape index (κ1) is 12.2. The fraction of sp³-hybridized carbons (Fsp3) is 0.625. The van der Waals surface area contributed by atoms with Crippen LogP contribution in [0.15, 0.2) is 24.3 Å². The van der Waals surface area contributed by atoms with Crippen LogP contribution < -0.4 is 5.32 Å². The molecule has 1 saturated heterocycles. The molecule has 1 atom stereocenters. The van der Waals surface area contributed by atoms with Crippen molar-refractivity contribution >= 4 is 0 Å².